The smallest absolute Gasteiger partial charge is 0.274 e. The molecule has 0 atom stereocenters. The van der Waals surface area contributed by atoms with E-state index in [-0.39, 0.29) is 5.91 Å². The molecule has 140 valence electrons. The summed E-state index contributed by atoms with van der Waals surface area (Å²) in [6.45, 7) is 2.44. The van der Waals surface area contributed by atoms with Crippen LogP contribution >= 0.6 is 11.3 Å². The Labute approximate surface area is 165 Å². The number of amides is 1. The number of nitrogens with zero attached hydrogens (tertiary/aromatic N) is 4. The van der Waals surface area contributed by atoms with E-state index in [9.17, 15) is 4.79 Å². The summed E-state index contributed by atoms with van der Waals surface area (Å²) in [4.78, 5) is 25.2. The molecule has 7 nitrogen and oxygen atoms in total. The maximum absolute atomic E-state index is 12.7. The number of thiazole rings is 1. The van der Waals surface area contributed by atoms with Crippen LogP contribution in [0.15, 0.2) is 58.9 Å². The van der Waals surface area contributed by atoms with E-state index >= 15 is 0 Å². The van der Waals surface area contributed by atoms with Gasteiger partial charge in [0.05, 0.1) is 11.9 Å². The van der Waals surface area contributed by atoms with Crippen molar-refractivity contribution in [1.29, 1.82) is 0 Å². The fraction of sp³-hybridized carbons (Fsp3) is 0.100. The van der Waals surface area contributed by atoms with Crippen molar-refractivity contribution >= 4 is 34.5 Å². The highest BCUT2D eigenvalue weighted by Crippen LogP contribution is 2.19. The van der Waals surface area contributed by atoms with Gasteiger partial charge in [-0.1, -0.05) is 0 Å². The van der Waals surface area contributed by atoms with Gasteiger partial charge in [-0.25, -0.2) is 9.97 Å². The number of pyridine rings is 1. The summed E-state index contributed by atoms with van der Waals surface area (Å²) < 4.78 is 7.28. The van der Waals surface area contributed by atoms with Gasteiger partial charge in [-0.2, -0.15) is 0 Å². The van der Waals surface area contributed by atoms with Crippen molar-refractivity contribution in [2.24, 2.45) is 0 Å². The molecule has 8 heteroatoms. The SMILES string of the molecule is Cc1cnc(C=Cc2csc(NC(=O)c3cccn3Cc3ccncc3)n2)o1. The van der Waals surface area contributed by atoms with Crippen LogP contribution in [-0.2, 0) is 6.54 Å². The second-order valence-corrected chi connectivity index (χ2v) is 6.91. The Kier molecular flexibility index (Phi) is 5.11. The third-order valence-electron chi connectivity index (χ3n) is 3.94. The lowest BCUT2D eigenvalue weighted by Gasteiger charge is -2.08. The Bertz CT molecular complexity index is 1110. The molecule has 1 N–H and O–H groups in total. The Morgan fingerprint density at radius 1 is 1.29 bits per heavy atom. The molecule has 0 unspecified atom stereocenters. The third-order valence-corrected chi connectivity index (χ3v) is 4.72. The number of aromatic nitrogens is 4. The van der Waals surface area contributed by atoms with Gasteiger partial charge in [0.15, 0.2) is 5.13 Å². The molecule has 4 aromatic heterocycles. The molecule has 4 rings (SSSR count). The van der Waals surface area contributed by atoms with Crippen LogP contribution in [0.5, 0.6) is 0 Å². The maximum atomic E-state index is 12.7. The third kappa shape index (κ3) is 4.24. The molecule has 0 aromatic carbocycles. The van der Waals surface area contributed by atoms with Crippen molar-refractivity contribution < 1.29 is 9.21 Å². The average molecular weight is 391 g/mol. The normalized spacial score (nSPS) is 11.2. The summed E-state index contributed by atoms with van der Waals surface area (Å²) in [5, 5.41) is 5.25. The van der Waals surface area contributed by atoms with Gasteiger partial charge >= 0.3 is 0 Å². The van der Waals surface area contributed by atoms with E-state index in [0.717, 1.165) is 17.0 Å². The van der Waals surface area contributed by atoms with Crippen molar-refractivity contribution in [3.63, 3.8) is 0 Å². The molecule has 0 aliphatic heterocycles. The molecular weight excluding hydrogens is 374 g/mol. The van der Waals surface area contributed by atoms with Crippen molar-refractivity contribution in [3.8, 4) is 0 Å². The second-order valence-electron chi connectivity index (χ2n) is 6.05. The molecule has 0 radical (unpaired) electrons. The van der Waals surface area contributed by atoms with Crippen molar-refractivity contribution in [2.75, 3.05) is 5.32 Å². The molecule has 0 saturated heterocycles. The van der Waals surface area contributed by atoms with Crippen LogP contribution in [0.3, 0.4) is 0 Å². The first-order chi connectivity index (χ1) is 13.7. The van der Waals surface area contributed by atoms with Gasteiger partial charge < -0.3 is 8.98 Å². The number of hydrogen-bond acceptors (Lipinski definition) is 6. The van der Waals surface area contributed by atoms with E-state index in [1.165, 1.54) is 11.3 Å². The fourth-order valence-electron chi connectivity index (χ4n) is 2.63. The quantitative estimate of drug-likeness (QED) is 0.535. The van der Waals surface area contributed by atoms with Gasteiger partial charge in [0.2, 0.25) is 5.89 Å². The van der Waals surface area contributed by atoms with Gasteiger partial charge in [-0.15, -0.1) is 11.3 Å². The van der Waals surface area contributed by atoms with E-state index in [0.29, 0.717) is 23.3 Å². The minimum Gasteiger partial charge on any atom is -0.442 e. The highest BCUT2D eigenvalue weighted by Gasteiger charge is 2.13. The first-order valence-corrected chi connectivity index (χ1v) is 9.47. The summed E-state index contributed by atoms with van der Waals surface area (Å²) in [6, 6.07) is 7.49. The molecule has 0 saturated carbocycles. The number of nitrogens with one attached hydrogen (secondary N) is 1. The molecule has 0 bridgehead atoms. The first kappa shape index (κ1) is 17.9. The van der Waals surface area contributed by atoms with Gasteiger partial charge in [-0.05, 0) is 42.8 Å². The Morgan fingerprint density at radius 3 is 2.93 bits per heavy atom. The van der Waals surface area contributed by atoms with Crippen LogP contribution in [0.2, 0.25) is 0 Å². The Morgan fingerprint density at radius 2 is 2.14 bits per heavy atom. The molecule has 4 aromatic rings. The number of oxazole rings is 1. The van der Waals surface area contributed by atoms with Crippen LogP contribution < -0.4 is 5.32 Å². The van der Waals surface area contributed by atoms with Gasteiger partial charge in [0, 0.05) is 36.6 Å². The Balaban J connectivity index is 1.43. The van der Waals surface area contributed by atoms with Crippen molar-refractivity contribution in [3.05, 3.63) is 83.0 Å². The summed E-state index contributed by atoms with van der Waals surface area (Å²) in [5.41, 5.74) is 2.37. The monoisotopic (exact) mass is 391 g/mol. The van der Waals surface area contributed by atoms with Crippen LogP contribution in [-0.4, -0.2) is 25.4 Å². The predicted molar refractivity (Wildman–Crippen MR) is 108 cm³/mol. The number of hydrogen-bond donors (Lipinski definition) is 1. The minimum absolute atomic E-state index is 0.202. The van der Waals surface area contributed by atoms with Crippen LogP contribution in [0.4, 0.5) is 5.13 Å². The molecule has 0 aliphatic rings. The molecule has 4 heterocycles. The summed E-state index contributed by atoms with van der Waals surface area (Å²) >= 11 is 1.36. The zero-order valence-electron chi connectivity index (χ0n) is 15.1. The lowest BCUT2D eigenvalue weighted by atomic mass is 10.2. The Hall–Kier alpha value is -3.52. The molecule has 0 fully saturated rings. The number of aryl methyl sites for hydroxylation is 1. The topological polar surface area (TPSA) is 85.8 Å². The summed E-state index contributed by atoms with van der Waals surface area (Å²) in [7, 11) is 0. The molecular formula is C20H17N5O2S. The number of carbonyl (C=O) groups excluding carboxylic acids is 1. The van der Waals surface area contributed by atoms with Crippen LogP contribution in [0.1, 0.15) is 33.4 Å². The van der Waals surface area contributed by atoms with Gasteiger partial charge in [-0.3, -0.25) is 15.1 Å². The average Bonchev–Trinajstić information content (AvgIpc) is 3.42. The summed E-state index contributed by atoms with van der Waals surface area (Å²) in [5.74, 6) is 1.07. The number of anilines is 1. The fourth-order valence-corrected chi connectivity index (χ4v) is 3.30. The van der Waals surface area contributed by atoms with Crippen molar-refractivity contribution in [2.45, 2.75) is 13.5 Å². The molecule has 28 heavy (non-hydrogen) atoms. The van der Waals surface area contributed by atoms with E-state index in [1.807, 2.05) is 41.3 Å². The van der Waals surface area contributed by atoms with E-state index < -0.39 is 0 Å². The maximum Gasteiger partial charge on any atom is 0.274 e. The molecule has 0 aliphatic carbocycles. The summed E-state index contributed by atoms with van der Waals surface area (Å²) in [6.07, 6.45) is 10.6. The zero-order chi connectivity index (χ0) is 19.3. The molecule has 0 spiro atoms. The highest BCUT2D eigenvalue weighted by atomic mass is 32.1. The predicted octanol–water partition coefficient (Wildman–Crippen LogP) is 4.11. The van der Waals surface area contributed by atoms with Crippen molar-refractivity contribution in [1.82, 2.24) is 19.5 Å². The lowest BCUT2D eigenvalue weighted by Crippen LogP contribution is -2.17. The largest absolute Gasteiger partial charge is 0.442 e. The van der Waals surface area contributed by atoms with E-state index in [1.54, 1.807) is 36.8 Å². The lowest BCUT2D eigenvalue weighted by molar-refractivity contribution is 0.101. The second kappa shape index (κ2) is 8.01. The zero-order valence-corrected chi connectivity index (χ0v) is 15.9. The van der Waals surface area contributed by atoms with Crippen LogP contribution in [0.25, 0.3) is 12.2 Å². The number of carbonyl (C=O) groups is 1. The number of rotatable bonds is 6. The highest BCUT2D eigenvalue weighted by molar-refractivity contribution is 7.14. The minimum atomic E-state index is -0.202. The van der Waals surface area contributed by atoms with Gasteiger partial charge in [0.1, 0.15) is 11.5 Å². The van der Waals surface area contributed by atoms with E-state index in [2.05, 4.69) is 20.3 Å². The first-order valence-electron chi connectivity index (χ1n) is 8.59. The van der Waals surface area contributed by atoms with E-state index in [4.69, 9.17) is 4.42 Å². The van der Waals surface area contributed by atoms with Gasteiger partial charge in [0.25, 0.3) is 5.91 Å². The molecule has 1 amide bonds. The standard InChI is InChI=1S/C20H17N5O2S/c1-14-11-22-18(27-14)5-4-16-13-28-20(23-16)24-19(26)17-3-2-10-25(17)12-15-6-8-21-9-7-15/h2-11,13H,12H2,1H3,(H,23,24,26). The van der Waals surface area contributed by atoms with Crippen LogP contribution in [0, 0.1) is 6.92 Å².